The maximum Gasteiger partial charge on any atom is 0.194 e. The van der Waals surface area contributed by atoms with Crippen LogP contribution < -0.4 is 5.06 Å². The van der Waals surface area contributed by atoms with Crippen LogP contribution in [0.3, 0.4) is 0 Å². The van der Waals surface area contributed by atoms with Crippen LogP contribution in [0.1, 0.15) is 29.3 Å². The summed E-state index contributed by atoms with van der Waals surface area (Å²) in [6, 6.07) is 9.13. The molecule has 0 unspecified atom stereocenters. The van der Waals surface area contributed by atoms with Gasteiger partial charge in [0.2, 0.25) is 0 Å². The monoisotopic (exact) mass is 383 g/mol. The van der Waals surface area contributed by atoms with Crippen LogP contribution in [-0.4, -0.2) is 22.6 Å². The van der Waals surface area contributed by atoms with E-state index in [1.54, 1.807) is 18.2 Å². The summed E-state index contributed by atoms with van der Waals surface area (Å²) in [6.07, 6.45) is 0.763. The number of aromatic hydroxyl groups is 1. The molecule has 0 saturated heterocycles. The Labute approximate surface area is 142 Å². The van der Waals surface area contributed by atoms with Gasteiger partial charge in [-0.3, -0.25) is 15.1 Å². The second-order valence-corrected chi connectivity index (χ2v) is 6.04. The van der Waals surface area contributed by atoms with Crippen LogP contribution >= 0.6 is 27.5 Å². The Bertz CT molecular complexity index is 689. The van der Waals surface area contributed by atoms with Gasteiger partial charge >= 0.3 is 0 Å². The van der Waals surface area contributed by atoms with Crippen LogP contribution in [0.25, 0.3) is 0 Å². The third kappa shape index (κ3) is 3.61. The Hall–Kier alpha value is -1.56. The van der Waals surface area contributed by atoms with Gasteiger partial charge in [0.15, 0.2) is 5.78 Å². The third-order valence-electron chi connectivity index (χ3n) is 3.12. The molecular formula is C16H15BrClNO3. The van der Waals surface area contributed by atoms with Gasteiger partial charge in [0.05, 0.1) is 10.7 Å². The summed E-state index contributed by atoms with van der Waals surface area (Å²) < 4.78 is 0.542. The number of phenols is 1. The first-order valence-corrected chi connectivity index (χ1v) is 7.90. The second kappa shape index (κ2) is 7.13. The predicted molar refractivity (Wildman–Crippen MR) is 90.1 cm³/mol. The standard InChI is InChI=1S/C16H15BrClNO3/c1-2-7-19(22)15-9-13(17)12(8-14(15)18)16(21)10-3-5-11(20)6-4-10/h3-6,8-9,20,22H,2,7H2,1H3. The van der Waals surface area contributed by atoms with Crippen molar-refractivity contribution in [3.8, 4) is 5.75 Å². The van der Waals surface area contributed by atoms with Gasteiger partial charge in [0, 0.05) is 22.1 Å². The number of hydroxylamine groups is 1. The van der Waals surface area contributed by atoms with E-state index in [9.17, 15) is 15.1 Å². The molecule has 0 radical (unpaired) electrons. The molecule has 2 aromatic carbocycles. The van der Waals surface area contributed by atoms with Gasteiger partial charge in [-0.15, -0.1) is 0 Å². The van der Waals surface area contributed by atoms with Gasteiger partial charge in [-0.1, -0.05) is 18.5 Å². The maximum atomic E-state index is 12.5. The molecule has 0 heterocycles. The first kappa shape index (κ1) is 16.8. The number of hydrogen-bond donors (Lipinski definition) is 2. The highest BCUT2D eigenvalue weighted by Gasteiger charge is 2.17. The number of benzene rings is 2. The fraction of sp³-hybridized carbons (Fsp3) is 0.188. The Morgan fingerprint density at radius 3 is 2.50 bits per heavy atom. The molecule has 0 saturated carbocycles. The lowest BCUT2D eigenvalue weighted by atomic mass is 10.0. The minimum Gasteiger partial charge on any atom is -0.508 e. The number of carbonyl (C=O) groups excluding carboxylic acids is 1. The molecule has 0 atom stereocenters. The summed E-state index contributed by atoms with van der Waals surface area (Å²) >= 11 is 9.52. The number of hydrogen-bond acceptors (Lipinski definition) is 4. The summed E-state index contributed by atoms with van der Waals surface area (Å²) in [5, 5.41) is 20.5. The molecule has 4 nitrogen and oxygen atoms in total. The zero-order valence-corrected chi connectivity index (χ0v) is 14.2. The molecule has 2 aromatic rings. The SMILES string of the molecule is CCCN(O)c1cc(Br)c(C(=O)c2ccc(O)cc2)cc1Cl. The molecule has 0 bridgehead atoms. The van der Waals surface area contributed by atoms with Crippen molar-refractivity contribution in [1.82, 2.24) is 0 Å². The number of carbonyl (C=O) groups is 1. The van der Waals surface area contributed by atoms with E-state index in [2.05, 4.69) is 15.9 Å². The normalized spacial score (nSPS) is 10.5. The van der Waals surface area contributed by atoms with Crippen LogP contribution in [0.5, 0.6) is 5.75 Å². The molecule has 22 heavy (non-hydrogen) atoms. The van der Waals surface area contributed by atoms with Crippen molar-refractivity contribution in [3.63, 3.8) is 0 Å². The number of nitrogens with zero attached hydrogens (tertiary/aromatic N) is 1. The van der Waals surface area contributed by atoms with Gasteiger partial charge in [-0.05, 0) is 58.7 Å². The maximum absolute atomic E-state index is 12.5. The van der Waals surface area contributed by atoms with Crippen LogP contribution in [0.15, 0.2) is 40.9 Å². The third-order valence-corrected chi connectivity index (χ3v) is 4.08. The Balaban J connectivity index is 2.38. The molecule has 0 aliphatic rings. The minimum atomic E-state index is -0.222. The van der Waals surface area contributed by atoms with Crippen molar-refractivity contribution in [1.29, 1.82) is 0 Å². The Kier molecular flexibility index (Phi) is 5.45. The highest BCUT2D eigenvalue weighted by Crippen LogP contribution is 2.33. The van der Waals surface area contributed by atoms with Gasteiger partial charge in [0.1, 0.15) is 5.75 Å². The van der Waals surface area contributed by atoms with E-state index >= 15 is 0 Å². The highest BCUT2D eigenvalue weighted by molar-refractivity contribution is 9.10. The average molecular weight is 385 g/mol. The molecule has 0 aliphatic heterocycles. The van der Waals surface area contributed by atoms with Crippen LogP contribution in [0, 0.1) is 0 Å². The first-order valence-electron chi connectivity index (χ1n) is 6.73. The van der Waals surface area contributed by atoms with Gasteiger partial charge in [-0.25, -0.2) is 0 Å². The predicted octanol–water partition coefficient (Wildman–Crippen LogP) is 4.64. The number of phenolic OH excluding ortho intramolecular Hbond substituents is 1. The highest BCUT2D eigenvalue weighted by atomic mass is 79.9. The summed E-state index contributed by atoms with van der Waals surface area (Å²) in [4.78, 5) is 12.5. The van der Waals surface area contributed by atoms with E-state index < -0.39 is 0 Å². The Morgan fingerprint density at radius 2 is 1.91 bits per heavy atom. The second-order valence-electron chi connectivity index (χ2n) is 4.78. The lowest BCUT2D eigenvalue weighted by Gasteiger charge is -2.18. The number of halogens is 2. The lowest BCUT2D eigenvalue weighted by Crippen LogP contribution is -2.19. The van der Waals surface area contributed by atoms with Crippen molar-refractivity contribution < 1.29 is 15.1 Å². The molecule has 6 heteroatoms. The van der Waals surface area contributed by atoms with Gasteiger partial charge < -0.3 is 5.11 Å². The van der Waals surface area contributed by atoms with Crippen molar-refractivity contribution in [3.05, 3.63) is 57.0 Å². The molecule has 0 fully saturated rings. The number of rotatable bonds is 5. The van der Waals surface area contributed by atoms with Gasteiger partial charge in [-0.2, -0.15) is 0 Å². The van der Waals surface area contributed by atoms with E-state index in [0.717, 1.165) is 11.5 Å². The molecule has 2 rings (SSSR count). The summed E-state index contributed by atoms with van der Waals surface area (Å²) in [6.45, 7) is 2.38. The van der Waals surface area contributed by atoms with E-state index in [-0.39, 0.29) is 11.5 Å². The van der Waals surface area contributed by atoms with Crippen molar-refractivity contribution in [2.24, 2.45) is 0 Å². The van der Waals surface area contributed by atoms with Crippen LogP contribution in [-0.2, 0) is 0 Å². The topological polar surface area (TPSA) is 60.8 Å². The van der Waals surface area contributed by atoms with E-state index in [1.807, 2.05) is 6.92 Å². The van der Waals surface area contributed by atoms with Crippen LogP contribution in [0.2, 0.25) is 5.02 Å². The molecule has 0 amide bonds. The molecule has 116 valence electrons. The number of anilines is 1. The Morgan fingerprint density at radius 1 is 1.27 bits per heavy atom. The van der Waals surface area contributed by atoms with Crippen LogP contribution in [0.4, 0.5) is 5.69 Å². The summed E-state index contributed by atoms with van der Waals surface area (Å²) in [5.74, 6) is -0.125. The molecule has 0 spiro atoms. The zero-order chi connectivity index (χ0) is 16.3. The minimum absolute atomic E-state index is 0.0967. The smallest absolute Gasteiger partial charge is 0.194 e. The van der Waals surface area contributed by atoms with Gasteiger partial charge in [0.25, 0.3) is 0 Å². The summed E-state index contributed by atoms with van der Waals surface area (Å²) in [7, 11) is 0. The lowest BCUT2D eigenvalue weighted by molar-refractivity contribution is 0.103. The molecule has 0 aliphatic carbocycles. The quantitative estimate of drug-likeness (QED) is 0.582. The van der Waals surface area contributed by atoms with E-state index in [1.165, 1.54) is 18.2 Å². The van der Waals surface area contributed by atoms with E-state index in [4.69, 9.17) is 11.6 Å². The number of ketones is 1. The largest absolute Gasteiger partial charge is 0.508 e. The zero-order valence-electron chi connectivity index (χ0n) is 11.9. The summed E-state index contributed by atoms with van der Waals surface area (Å²) in [5.41, 5.74) is 1.28. The molecular weight excluding hydrogens is 370 g/mol. The molecule has 0 aromatic heterocycles. The molecule has 2 N–H and O–H groups in total. The van der Waals surface area contributed by atoms with Crippen molar-refractivity contribution in [2.45, 2.75) is 13.3 Å². The average Bonchev–Trinajstić information content (AvgIpc) is 2.49. The fourth-order valence-electron chi connectivity index (χ4n) is 2.01. The first-order chi connectivity index (χ1) is 10.4. The fourth-order valence-corrected chi connectivity index (χ4v) is 2.78. The van der Waals surface area contributed by atoms with E-state index in [0.29, 0.717) is 32.9 Å². The van der Waals surface area contributed by atoms with Crippen molar-refractivity contribution >= 4 is 39.0 Å². The van der Waals surface area contributed by atoms with Crippen molar-refractivity contribution in [2.75, 3.05) is 11.6 Å².